The first-order valence-corrected chi connectivity index (χ1v) is 6.40. The Morgan fingerprint density at radius 3 is 2.42 bits per heavy atom. The number of hydrogen-bond acceptors (Lipinski definition) is 3. The van der Waals surface area contributed by atoms with Crippen LogP contribution in [0.1, 0.15) is 45.4 Å². The molecule has 0 saturated heterocycles. The molecule has 0 aliphatic rings. The van der Waals surface area contributed by atoms with Crippen LogP contribution in [-0.4, -0.2) is 23.5 Å². The van der Waals surface area contributed by atoms with Crippen molar-refractivity contribution < 1.29 is 66.4 Å². The van der Waals surface area contributed by atoms with Gasteiger partial charge in [-0.25, -0.2) is 4.79 Å². The Morgan fingerprint density at radius 1 is 1.16 bits per heavy atom. The third-order valence-electron chi connectivity index (χ3n) is 2.40. The zero-order valence-corrected chi connectivity index (χ0v) is 15.1. The van der Waals surface area contributed by atoms with Crippen LogP contribution in [0.4, 0.5) is 0 Å². The average molecular weight is 291 g/mol. The predicted molar refractivity (Wildman–Crippen MR) is 71.6 cm³/mol. The molecule has 1 N–H and O–H groups in total. The fourth-order valence-electron chi connectivity index (χ4n) is 1.46. The van der Waals surface area contributed by atoms with Crippen LogP contribution in [0.5, 0.6) is 0 Å². The van der Waals surface area contributed by atoms with E-state index in [9.17, 15) is 9.90 Å². The van der Waals surface area contributed by atoms with Gasteiger partial charge >= 0.3 is 57.4 Å². The van der Waals surface area contributed by atoms with E-state index in [4.69, 9.17) is 5.11 Å². The number of carboxylic acid groups (broad SMARTS) is 1. The minimum Gasteiger partial charge on any atom is -0.859 e. The van der Waals surface area contributed by atoms with Crippen molar-refractivity contribution in [3.8, 4) is 0 Å². The van der Waals surface area contributed by atoms with Gasteiger partial charge in [0.1, 0.15) is 0 Å². The third kappa shape index (κ3) is 18.1. The van der Waals surface area contributed by atoms with Crippen LogP contribution >= 0.6 is 0 Å². The summed E-state index contributed by atoms with van der Waals surface area (Å²) in [7, 11) is 0. The van der Waals surface area contributed by atoms with Crippen molar-refractivity contribution in [1.82, 2.24) is 0 Å². The average Bonchev–Trinajstić information content (AvgIpc) is 2.34. The molecule has 0 aliphatic carbocycles. The molecule has 0 bridgehead atoms. The van der Waals surface area contributed by atoms with Gasteiger partial charge in [-0.3, -0.25) is 0 Å². The number of aliphatic imine (C=N–C) groups is 1. The molecule has 102 valence electrons. The zero-order valence-electron chi connectivity index (χ0n) is 12.0. The third-order valence-corrected chi connectivity index (χ3v) is 2.40. The number of unbranched alkanes of at least 4 members (excludes halogenated alkanes) is 5. The summed E-state index contributed by atoms with van der Waals surface area (Å²) in [4.78, 5) is 13.9. The number of nitrogens with zero attached hydrogens (tertiary/aromatic N) is 1. The van der Waals surface area contributed by atoms with Crippen LogP contribution in [0.15, 0.2) is 29.3 Å². The van der Waals surface area contributed by atoms with E-state index >= 15 is 0 Å². The van der Waals surface area contributed by atoms with Crippen LogP contribution in [0, 0.1) is 0 Å². The maximum Gasteiger partial charge on any atom is 1.00 e. The Morgan fingerprint density at radius 2 is 1.79 bits per heavy atom. The van der Waals surface area contributed by atoms with Crippen LogP contribution < -0.4 is 56.5 Å². The monoisotopic (exact) mass is 291 g/mol. The van der Waals surface area contributed by atoms with Crippen molar-refractivity contribution in [2.45, 2.75) is 45.4 Å². The second kappa shape index (κ2) is 16.1. The molecule has 0 atom stereocenters. The van der Waals surface area contributed by atoms with Gasteiger partial charge in [0.25, 0.3) is 0 Å². The summed E-state index contributed by atoms with van der Waals surface area (Å²) < 4.78 is 0. The van der Waals surface area contributed by atoms with Gasteiger partial charge in [0.2, 0.25) is 0 Å². The number of allylic oxidation sites excluding steroid dienone is 2. The number of rotatable bonds is 10. The fourth-order valence-corrected chi connectivity index (χ4v) is 1.46. The number of hydrogen-bond donors (Lipinski definition) is 1. The van der Waals surface area contributed by atoms with Crippen molar-refractivity contribution >= 4 is 11.9 Å². The summed E-state index contributed by atoms with van der Waals surface area (Å²) in [6.07, 6.45) is 12.7. The Bertz CT molecular complexity index is 312. The molecular formula is C14H22KNO3. The topological polar surface area (TPSA) is 72.7 Å². The quantitative estimate of drug-likeness (QED) is 0.145. The van der Waals surface area contributed by atoms with Crippen LogP contribution in [-0.2, 0) is 4.79 Å². The second-order valence-electron chi connectivity index (χ2n) is 4.02. The molecular weight excluding hydrogens is 269 g/mol. The van der Waals surface area contributed by atoms with Gasteiger partial charge in [-0.2, -0.15) is 0 Å². The van der Waals surface area contributed by atoms with Crippen molar-refractivity contribution in [2.24, 2.45) is 4.99 Å². The van der Waals surface area contributed by atoms with E-state index in [1.165, 1.54) is 12.8 Å². The summed E-state index contributed by atoms with van der Waals surface area (Å²) >= 11 is 0. The molecule has 0 rings (SSSR count). The largest absolute Gasteiger partial charge is 1.00 e. The van der Waals surface area contributed by atoms with Crippen molar-refractivity contribution in [1.29, 1.82) is 0 Å². The molecule has 0 saturated carbocycles. The molecule has 19 heavy (non-hydrogen) atoms. The summed E-state index contributed by atoms with van der Waals surface area (Å²) in [6.45, 7) is 2.51. The molecule has 0 heterocycles. The minimum absolute atomic E-state index is 0. The summed E-state index contributed by atoms with van der Waals surface area (Å²) in [6, 6.07) is 0. The second-order valence-corrected chi connectivity index (χ2v) is 4.02. The first-order chi connectivity index (χ1) is 8.66. The van der Waals surface area contributed by atoms with E-state index in [0.717, 1.165) is 37.8 Å². The van der Waals surface area contributed by atoms with Gasteiger partial charge in [0.15, 0.2) is 0 Å². The summed E-state index contributed by atoms with van der Waals surface area (Å²) in [5.74, 6) is -1.59. The van der Waals surface area contributed by atoms with E-state index < -0.39 is 11.9 Å². The smallest absolute Gasteiger partial charge is 0.859 e. The number of carboxylic acids is 1. The van der Waals surface area contributed by atoms with Crippen LogP contribution in [0.25, 0.3) is 0 Å². The van der Waals surface area contributed by atoms with E-state index in [0.29, 0.717) is 6.54 Å². The molecule has 0 aliphatic heterocycles. The molecule has 0 aromatic carbocycles. The van der Waals surface area contributed by atoms with Gasteiger partial charge in [0, 0.05) is 12.6 Å². The first-order valence-electron chi connectivity index (χ1n) is 6.40. The molecule has 0 aromatic rings. The number of carbonyl (C=O) groups is 1. The van der Waals surface area contributed by atoms with E-state index in [2.05, 4.69) is 17.1 Å². The van der Waals surface area contributed by atoms with Gasteiger partial charge in [-0.05, 0) is 38.2 Å². The number of aliphatic carboxylic acids is 1. The molecule has 0 spiro atoms. The molecule has 0 fully saturated rings. The van der Waals surface area contributed by atoms with Crippen LogP contribution in [0.3, 0.4) is 0 Å². The Hall–Kier alpha value is 0.0564. The molecule has 0 amide bonds. The van der Waals surface area contributed by atoms with Gasteiger partial charge < -0.3 is 15.2 Å². The summed E-state index contributed by atoms with van der Waals surface area (Å²) in [5.41, 5.74) is 0. The molecule has 0 aromatic heterocycles. The normalized spacial score (nSPS) is 11.9. The zero-order chi connectivity index (χ0) is 13.6. The first kappa shape index (κ1) is 21.4. The SMILES string of the molecule is C/C=C/CCCCCCCN=C([O-])/C=C/C(=O)O.[K+]. The van der Waals surface area contributed by atoms with Crippen molar-refractivity contribution in [3.63, 3.8) is 0 Å². The van der Waals surface area contributed by atoms with Crippen LogP contribution in [0.2, 0.25) is 0 Å². The predicted octanol–water partition coefficient (Wildman–Crippen LogP) is -0.693. The maximum atomic E-state index is 11.0. The molecule has 0 unspecified atom stereocenters. The minimum atomic E-state index is -1.13. The van der Waals surface area contributed by atoms with Crippen molar-refractivity contribution in [3.05, 3.63) is 24.3 Å². The maximum absolute atomic E-state index is 11.0. The van der Waals surface area contributed by atoms with Gasteiger partial charge in [0.05, 0.1) is 0 Å². The standard InChI is InChI=1S/C14H23NO3.K/c1-2-3-4-5-6-7-8-9-12-15-13(16)10-11-14(17)18;/h2-3,10-11H,4-9,12H2,1H3,(H,15,16)(H,17,18);/q;+1/p-1/b3-2+,11-10+;. The van der Waals surface area contributed by atoms with Gasteiger partial charge in [-0.15, -0.1) is 0 Å². The fraction of sp³-hybridized carbons (Fsp3) is 0.571. The molecule has 4 nitrogen and oxygen atoms in total. The Labute approximate surface area is 158 Å². The van der Waals surface area contributed by atoms with E-state index in [1.807, 2.05) is 6.92 Å². The van der Waals surface area contributed by atoms with Crippen molar-refractivity contribution in [2.75, 3.05) is 6.54 Å². The molecule has 0 radical (unpaired) electrons. The Balaban J connectivity index is 0. The molecule has 5 heteroatoms. The Kier molecular flexibility index (Phi) is 18.1. The van der Waals surface area contributed by atoms with Gasteiger partial charge in [-0.1, -0.05) is 31.4 Å². The summed E-state index contributed by atoms with van der Waals surface area (Å²) in [5, 5.41) is 19.3. The van der Waals surface area contributed by atoms with E-state index in [-0.39, 0.29) is 51.4 Å². The van der Waals surface area contributed by atoms with E-state index in [1.54, 1.807) is 0 Å².